The molecule has 6 nitrogen and oxygen atoms in total. The summed E-state index contributed by atoms with van der Waals surface area (Å²) < 4.78 is 5.45. The van der Waals surface area contributed by atoms with Crippen LogP contribution in [0, 0.1) is 11.8 Å². The predicted molar refractivity (Wildman–Crippen MR) is 123 cm³/mol. The summed E-state index contributed by atoms with van der Waals surface area (Å²) in [6.45, 7) is 13.1. The second kappa shape index (κ2) is 15.1. The molecule has 0 radical (unpaired) electrons. The van der Waals surface area contributed by atoms with E-state index in [-0.39, 0.29) is 30.6 Å². The van der Waals surface area contributed by atoms with Crippen LogP contribution in [0.25, 0.3) is 0 Å². The van der Waals surface area contributed by atoms with E-state index in [2.05, 4.69) is 55.4 Å². The lowest BCUT2D eigenvalue weighted by atomic mass is 9.94. The van der Waals surface area contributed by atoms with Crippen molar-refractivity contribution >= 4 is 29.9 Å². The molecule has 0 spiro atoms. The number of aliphatic imine (C=N–C) groups is 1. The Hall–Kier alpha value is -0.830. The van der Waals surface area contributed by atoms with Crippen LogP contribution in [0.2, 0.25) is 0 Å². The molecule has 0 aliphatic carbocycles. The molecule has 3 N–H and O–H groups in total. The number of nitrogens with zero attached hydrogens (tertiary/aromatic N) is 2. The molecule has 0 aliphatic rings. The largest absolute Gasteiger partial charge is 0.396 e. The highest BCUT2D eigenvalue weighted by Gasteiger charge is 2.14. The third kappa shape index (κ3) is 10.3. The molecule has 1 unspecified atom stereocenters. The molecule has 1 aromatic rings. The first-order chi connectivity index (χ1) is 12.5. The molecule has 158 valence electrons. The first kappa shape index (κ1) is 26.2. The van der Waals surface area contributed by atoms with Crippen molar-refractivity contribution in [2.75, 3.05) is 19.7 Å². The Labute approximate surface area is 182 Å². The number of guanidine groups is 1. The molecule has 1 atom stereocenters. The van der Waals surface area contributed by atoms with Gasteiger partial charge in [-0.3, -0.25) is 0 Å². The van der Waals surface area contributed by atoms with Crippen molar-refractivity contribution in [3.05, 3.63) is 17.5 Å². The van der Waals surface area contributed by atoms with Crippen LogP contribution in [0.1, 0.15) is 77.7 Å². The number of hydrogen-bond donors (Lipinski definition) is 3. The van der Waals surface area contributed by atoms with Crippen LogP contribution >= 0.6 is 24.0 Å². The molecule has 1 aromatic heterocycles. The molecule has 0 aromatic carbocycles. The van der Waals surface area contributed by atoms with Crippen molar-refractivity contribution in [1.29, 1.82) is 0 Å². The van der Waals surface area contributed by atoms with Crippen LogP contribution in [0.15, 0.2) is 15.6 Å². The zero-order valence-electron chi connectivity index (χ0n) is 17.6. The summed E-state index contributed by atoms with van der Waals surface area (Å²) in [5, 5.41) is 20.1. The highest BCUT2D eigenvalue weighted by Crippen LogP contribution is 2.22. The summed E-state index contributed by atoms with van der Waals surface area (Å²) in [5.41, 5.74) is 1.03. The molecule has 0 bridgehead atoms. The van der Waals surface area contributed by atoms with Gasteiger partial charge >= 0.3 is 0 Å². The summed E-state index contributed by atoms with van der Waals surface area (Å²) >= 11 is 0. The molecule has 1 heterocycles. The molecule has 7 heteroatoms. The normalized spacial score (nSPS) is 13.0. The minimum Gasteiger partial charge on any atom is -0.396 e. The van der Waals surface area contributed by atoms with Gasteiger partial charge in [0.1, 0.15) is 6.54 Å². The van der Waals surface area contributed by atoms with Gasteiger partial charge in [-0.1, -0.05) is 32.9 Å². The van der Waals surface area contributed by atoms with Crippen molar-refractivity contribution in [2.45, 2.75) is 72.8 Å². The summed E-state index contributed by atoms with van der Waals surface area (Å²) in [5.74, 6) is 3.08. The molecule has 0 saturated heterocycles. The van der Waals surface area contributed by atoms with Crippen LogP contribution in [0.5, 0.6) is 0 Å². The van der Waals surface area contributed by atoms with Crippen molar-refractivity contribution in [3.63, 3.8) is 0 Å². The molecule has 0 saturated carbocycles. The predicted octanol–water partition coefficient (Wildman–Crippen LogP) is 4.30. The van der Waals surface area contributed by atoms with Crippen LogP contribution < -0.4 is 10.6 Å². The maximum Gasteiger partial charge on any atom is 0.191 e. The van der Waals surface area contributed by atoms with Crippen LogP contribution in [0.3, 0.4) is 0 Å². The summed E-state index contributed by atoms with van der Waals surface area (Å²) in [4.78, 5) is 4.62. The monoisotopic (exact) mass is 494 g/mol. The van der Waals surface area contributed by atoms with Gasteiger partial charge < -0.3 is 20.3 Å². The van der Waals surface area contributed by atoms with E-state index in [9.17, 15) is 5.11 Å². The van der Waals surface area contributed by atoms with E-state index in [4.69, 9.17) is 4.52 Å². The maximum absolute atomic E-state index is 9.26. The van der Waals surface area contributed by atoms with Gasteiger partial charge in [0.25, 0.3) is 0 Å². The number of aliphatic hydroxyl groups is 1. The van der Waals surface area contributed by atoms with Gasteiger partial charge in [0.15, 0.2) is 11.7 Å². The van der Waals surface area contributed by atoms with Crippen LogP contribution in [0.4, 0.5) is 0 Å². The number of rotatable bonds is 12. The second-order valence-electron chi connectivity index (χ2n) is 7.32. The average molecular weight is 494 g/mol. The zero-order chi connectivity index (χ0) is 19.4. The fourth-order valence-electron chi connectivity index (χ4n) is 3.20. The first-order valence-electron chi connectivity index (χ1n) is 10.1. The van der Waals surface area contributed by atoms with E-state index in [0.717, 1.165) is 56.2 Å². The number of halogens is 1. The first-order valence-corrected chi connectivity index (χ1v) is 10.1. The lowest BCUT2D eigenvalue weighted by molar-refractivity contribution is 0.243. The van der Waals surface area contributed by atoms with Crippen molar-refractivity contribution in [1.82, 2.24) is 15.8 Å². The van der Waals surface area contributed by atoms with Gasteiger partial charge in [0.05, 0.1) is 5.69 Å². The Morgan fingerprint density at radius 1 is 1.22 bits per heavy atom. The third-order valence-electron chi connectivity index (χ3n) is 4.62. The Kier molecular flexibility index (Phi) is 14.7. The molecule has 0 aliphatic heterocycles. The van der Waals surface area contributed by atoms with Gasteiger partial charge in [-0.25, -0.2) is 4.99 Å². The van der Waals surface area contributed by atoms with E-state index in [1.54, 1.807) is 0 Å². The molecular weight excluding hydrogens is 455 g/mol. The minimum atomic E-state index is 0. The van der Waals surface area contributed by atoms with Crippen molar-refractivity contribution in [2.24, 2.45) is 16.8 Å². The molecule has 0 fully saturated rings. The van der Waals surface area contributed by atoms with E-state index < -0.39 is 0 Å². The van der Waals surface area contributed by atoms with Gasteiger partial charge in [-0.15, -0.1) is 24.0 Å². The number of nitrogens with one attached hydrogen (secondary N) is 2. The standard InChI is InChI=1S/C20H38N4O2.HI/c1-6-17(7-2)19-12-18(26-24-19)14-23-20(21-8-3)22-13-16(9-10-25)11-15(4)5;/h12,15-17,25H,6-11,13-14H2,1-5H3,(H2,21,22,23);1H. The Bertz CT molecular complexity index is 516. The summed E-state index contributed by atoms with van der Waals surface area (Å²) in [7, 11) is 0. The smallest absolute Gasteiger partial charge is 0.191 e. The lowest BCUT2D eigenvalue weighted by Crippen LogP contribution is -2.40. The van der Waals surface area contributed by atoms with E-state index >= 15 is 0 Å². The highest BCUT2D eigenvalue weighted by atomic mass is 127. The number of aromatic nitrogens is 1. The lowest BCUT2D eigenvalue weighted by Gasteiger charge is -2.20. The number of aliphatic hydroxyl groups excluding tert-OH is 1. The minimum absolute atomic E-state index is 0. The Morgan fingerprint density at radius 2 is 1.93 bits per heavy atom. The quantitative estimate of drug-likeness (QED) is 0.229. The van der Waals surface area contributed by atoms with E-state index in [1.165, 1.54) is 0 Å². The van der Waals surface area contributed by atoms with Gasteiger partial charge in [-0.2, -0.15) is 0 Å². The van der Waals surface area contributed by atoms with Crippen LogP contribution in [-0.2, 0) is 6.54 Å². The van der Waals surface area contributed by atoms with Gasteiger partial charge in [0, 0.05) is 31.7 Å². The van der Waals surface area contributed by atoms with E-state index in [0.29, 0.717) is 24.3 Å². The second-order valence-corrected chi connectivity index (χ2v) is 7.32. The summed E-state index contributed by atoms with van der Waals surface area (Å²) in [6, 6.07) is 2.03. The molecular formula is C20H39IN4O2. The van der Waals surface area contributed by atoms with Gasteiger partial charge in [0.2, 0.25) is 0 Å². The van der Waals surface area contributed by atoms with Gasteiger partial charge in [-0.05, 0) is 44.4 Å². The maximum atomic E-state index is 9.26. The van der Waals surface area contributed by atoms with Crippen molar-refractivity contribution < 1.29 is 9.63 Å². The fraction of sp³-hybridized carbons (Fsp3) is 0.800. The Morgan fingerprint density at radius 3 is 2.48 bits per heavy atom. The zero-order valence-corrected chi connectivity index (χ0v) is 20.0. The molecule has 0 amide bonds. The Balaban J connectivity index is 0.00000676. The van der Waals surface area contributed by atoms with Crippen LogP contribution in [-0.4, -0.2) is 35.9 Å². The SMILES string of the molecule is CCNC(=NCc1cc(C(CC)CC)no1)NCC(CCO)CC(C)C.I. The van der Waals surface area contributed by atoms with Crippen molar-refractivity contribution in [3.8, 4) is 0 Å². The topological polar surface area (TPSA) is 82.7 Å². The average Bonchev–Trinajstić information content (AvgIpc) is 3.07. The summed E-state index contributed by atoms with van der Waals surface area (Å²) in [6.07, 6.45) is 4.04. The molecule has 27 heavy (non-hydrogen) atoms. The number of hydrogen-bond acceptors (Lipinski definition) is 4. The van der Waals surface area contributed by atoms with E-state index in [1.807, 2.05) is 6.07 Å². The molecule has 1 rings (SSSR count). The fourth-order valence-corrected chi connectivity index (χ4v) is 3.20. The highest BCUT2D eigenvalue weighted by molar-refractivity contribution is 14.0. The third-order valence-corrected chi connectivity index (χ3v) is 4.62.